The van der Waals surface area contributed by atoms with Crippen molar-refractivity contribution in [1.29, 1.82) is 0 Å². The Labute approximate surface area is 307 Å². The summed E-state index contributed by atoms with van der Waals surface area (Å²) >= 11 is 0. The van der Waals surface area contributed by atoms with Crippen LogP contribution in [-0.4, -0.2) is 87.9 Å². The van der Waals surface area contributed by atoms with Crippen LogP contribution in [0.3, 0.4) is 0 Å². The van der Waals surface area contributed by atoms with Gasteiger partial charge in [0.05, 0.1) is 35.9 Å². The van der Waals surface area contributed by atoms with Crippen molar-refractivity contribution in [3.8, 4) is 33.6 Å². The molecule has 0 bridgehead atoms. The Morgan fingerprint density at radius 1 is 0.717 bits per heavy atom. The number of carboxylic acid groups (broad SMARTS) is 1. The van der Waals surface area contributed by atoms with E-state index in [9.17, 15) is 14.4 Å². The number of imidazole rings is 2. The van der Waals surface area contributed by atoms with Gasteiger partial charge >= 0.3 is 6.09 Å². The molecule has 7 rings (SSSR count). The van der Waals surface area contributed by atoms with Gasteiger partial charge in [-0.05, 0) is 66.8 Å². The molecule has 3 amide bonds. The van der Waals surface area contributed by atoms with Crippen molar-refractivity contribution < 1.29 is 19.5 Å². The van der Waals surface area contributed by atoms with Gasteiger partial charge in [-0.2, -0.15) is 0 Å². The Hall–Kier alpha value is -6.05. The van der Waals surface area contributed by atoms with Gasteiger partial charge < -0.3 is 35.5 Å². The average Bonchev–Trinajstić information content (AvgIpc) is 4.00. The lowest BCUT2D eigenvalue weighted by Crippen LogP contribution is -2.46. The maximum Gasteiger partial charge on any atom is 0.405 e. The molecule has 2 saturated heterocycles. The smallest absolute Gasteiger partial charge is 0.405 e. The third-order valence-corrected chi connectivity index (χ3v) is 10.1. The zero-order chi connectivity index (χ0) is 37.1. The fraction of sp³-hybridized carbons (Fsp3) is 0.359. The Balaban J connectivity index is 0.999. The SMILES string of the molecule is CC(C)[C@H](Nc1ncccn1)C(=O)N1CCCC1c1ncc(-c2ccc(-c3ccc(-c4cnc([C@@H]5CCCN5C(=O)[C@H](C)NC(=O)O)[nH]4)cc3)cc2)[nH]1. The van der Waals surface area contributed by atoms with Gasteiger partial charge in [0.25, 0.3) is 0 Å². The van der Waals surface area contributed by atoms with Crippen molar-refractivity contribution in [2.75, 3.05) is 18.4 Å². The number of likely N-dealkylation sites (tertiary alicyclic amines) is 2. The number of carbonyl (C=O) groups excluding carboxylic acids is 2. The fourth-order valence-corrected chi connectivity index (χ4v) is 7.32. The van der Waals surface area contributed by atoms with Crippen LogP contribution in [0, 0.1) is 5.92 Å². The minimum Gasteiger partial charge on any atom is -0.465 e. The van der Waals surface area contributed by atoms with E-state index < -0.39 is 18.2 Å². The lowest BCUT2D eigenvalue weighted by atomic mass is 10.0. The maximum atomic E-state index is 13.8. The Morgan fingerprint density at radius 3 is 1.66 bits per heavy atom. The van der Waals surface area contributed by atoms with E-state index in [4.69, 9.17) is 10.1 Å². The highest BCUT2D eigenvalue weighted by Crippen LogP contribution is 2.35. The molecule has 53 heavy (non-hydrogen) atoms. The number of aromatic amines is 2. The Bertz CT molecular complexity index is 2040. The topological polar surface area (TPSA) is 185 Å². The molecule has 0 radical (unpaired) electrons. The van der Waals surface area contributed by atoms with Gasteiger partial charge in [0.2, 0.25) is 17.8 Å². The molecule has 2 aromatic carbocycles. The molecule has 14 heteroatoms. The van der Waals surface area contributed by atoms with Gasteiger partial charge in [0.1, 0.15) is 23.7 Å². The number of carbonyl (C=O) groups is 3. The summed E-state index contributed by atoms with van der Waals surface area (Å²) in [7, 11) is 0. The minimum absolute atomic E-state index is 0.0191. The van der Waals surface area contributed by atoms with Crippen LogP contribution >= 0.6 is 0 Å². The van der Waals surface area contributed by atoms with E-state index in [1.54, 1.807) is 36.5 Å². The lowest BCUT2D eigenvalue weighted by molar-refractivity contribution is -0.134. The van der Waals surface area contributed by atoms with E-state index in [0.717, 1.165) is 65.1 Å². The van der Waals surface area contributed by atoms with Crippen LogP contribution in [0.15, 0.2) is 79.4 Å². The van der Waals surface area contributed by atoms with Gasteiger partial charge in [-0.25, -0.2) is 24.7 Å². The van der Waals surface area contributed by atoms with Gasteiger partial charge in [0, 0.05) is 25.5 Å². The first-order valence-electron chi connectivity index (χ1n) is 18.1. The van der Waals surface area contributed by atoms with Crippen molar-refractivity contribution in [3.63, 3.8) is 0 Å². The summed E-state index contributed by atoms with van der Waals surface area (Å²) in [5.74, 6) is 1.71. The van der Waals surface area contributed by atoms with Crippen LogP contribution in [0.1, 0.15) is 70.2 Å². The zero-order valence-corrected chi connectivity index (χ0v) is 30.0. The number of amides is 3. The van der Waals surface area contributed by atoms with E-state index in [2.05, 4.69) is 72.0 Å². The summed E-state index contributed by atoms with van der Waals surface area (Å²) < 4.78 is 0. The van der Waals surface area contributed by atoms with Crippen LogP contribution in [0.25, 0.3) is 33.6 Å². The van der Waals surface area contributed by atoms with Crippen LogP contribution in [0.5, 0.6) is 0 Å². The first-order chi connectivity index (χ1) is 25.7. The molecule has 2 fully saturated rings. The molecule has 274 valence electrons. The molecular weight excluding hydrogens is 672 g/mol. The zero-order valence-electron chi connectivity index (χ0n) is 30.0. The molecular formula is C39H44N10O4. The van der Waals surface area contributed by atoms with Crippen LogP contribution in [0.4, 0.5) is 10.7 Å². The molecule has 0 aliphatic carbocycles. The maximum absolute atomic E-state index is 13.8. The molecule has 14 nitrogen and oxygen atoms in total. The quantitative estimate of drug-likeness (QED) is 0.109. The van der Waals surface area contributed by atoms with E-state index in [0.29, 0.717) is 24.9 Å². The number of H-pyrrole nitrogens is 2. The summed E-state index contributed by atoms with van der Waals surface area (Å²) in [6.45, 7) is 6.82. The first kappa shape index (κ1) is 35.4. The number of anilines is 1. The standard InChI is InChI=1S/C39H44N10O4/c1-23(2)33(47-38-40-17-6-18-41-38)37(51)49-20-5-8-32(49)35-43-22-30(46-35)28-15-11-26(12-16-28)25-9-13-27(14-10-25)29-21-42-34(45-29)31-7-4-19-48(31)36(50)24(3)44-39(52)53/h6,9-18,21-24,31-33,44H,4-5,7-8,19-20H2,1-3H3,(H,42,45)(H,43,46)(H,52,53)(H,40,41,47)/t24-,31-,32?,33-/m0/s1. The van der Waals surface area contributed by atoms with Crippen molar-refractivity contribution in [2.45, 2.75) is 70.6 Å². The van der Waals surface area contributed by atoms with Gasteiger partial charge in [0.15, 0.2) is 0 Å². The second-order valence-electron chi connectivity index (χ2n) is 14.0. The summed E-state index contributed by atoms with van der Waals surface area (Å²) in [5, 5.41) is 14.5. The highest BCUT2D eigenvalue weighted by molar-refractivity contribution is 5.86. The van der Waals surface area contributed by atoms with Crippen molar-refractivity contribution in [1.82, 2.24) is 45.0 Å². The predicted molar refractivity (Wildman–Crippen MR) is 199 cm³/mol. The van der Waals surface area contributed by atoms with E-state index >= 15 is 0 Å². The molecule has 5 heterocycles. The molecule has 4 atom stereocenters. The second kappa shape index (κ2) is 15.3. The Morgan fingerprint density at radius 2 is 1.19 bits per heavy atom. The highest BCUT2D eigenvalue weighted by Gasteiger charge is 2.37. The van der Waals surface area contributed by atoms with Gasteiger partial charge in [-0.1, -0.05) is 62.4 Å². The van der Waals surface area contributed by atoms with Crippen LogP contribution in [-0.2, 0) is 9.59 Å². The molecule has 0 spiro atoms. The van der Waals surface area contributed by atoms with Crippen molar-refractivity contribution in [2.24, 2.45) is 5.92 Å². The van der Waals surface area contributed by atoms with Crippen molar-refractivity contribution >= 4 is 23.9 Å². The number of rotatable bonds is 11. The Kier molecular flexibility index (Phi) is 10.2. The third-order valence-electron chi connectivity index (χ3n) is 10.1. The summed E-state index contributed by atoms with van der Waals surface area (Å²) in [5.41, 5.74) is 5.83. The molecule has 2 aliphatic heterocycles. The highest BCUT2D eigenvalue weighted by atomic mass is 16.4. The van der Waals surface area contributed by atoms with Crippen LogP contribution < -0.4 is 10.6 Å². The molecule has 5 aromatic rings. The second-order valence-corrected chi connectivity index (χ2v) is 14.0. The number of nitrogens with one attached hydrogen (secondary N) is 4. The molecule has 5 N–H and O–H groups in total. The lowest BCUT2D eigenvalue weighted by Gasteiger charge is -2.30. The number of aromatic nitrogens is 6. The minimum atomic E-state index is -1.22. The van der Waals surface area contributed by atoms with Gasteiger partial charge in [-0.3, -0.25) is 9.59 Å². The number of nitrogens with zero attached hydrogens (tertiary/aromatic N) is 6. The molecule has 2 aliphatic rings. The van der Waals surface area contributed by atoms with Gasteiger partial charge in [-0.15, -0.1) is 0 Å². The largest absolute Gasteiger partial charge is 0.465 e. The average molecular weight is 717 g/mol. The normalized spacial score (nSPS) is 18.3. The number of benzene rings is 2. The van der Waals surface area contributed by atoms with E-state index in [1.165, 1.54) is 0 Å². The fourth-order valence-electron chi connectivity index (χ4n) is 7.32. The predicted octanol–water partition coefficient (Wildman–Crippen LogP) is 6.04. The molecule has 1 unspecified atom stereocenters. The van der Waals surface area contributed by atoms with E-state index in [-0.39, 0.29) is 29.8 Å². The molecule has 3 aromatic heterocycles. The van der Waals surface area contributed by atoms with Crippen molar-refractivity contribution in [3.05, 3.63) is 91.0 Å². The number of hydrogen-bond acceptors (Lipinski definition) is 8. The third kappa shape index (κ3) is 7.62. The summed E-state index contributed by atoms with van der Waals surface area (Å²) in [6.07, 6.45) is 9.03. The van der Waals surface area contributed by atoms with E-state index in [1.807, 2.05) is 37.1 Å². The summed E-state index contributed by atoms with van der Waals surface area (Å²) in [6, 6.07) is 16.6. The molecule has 0 saturated carbocycles. The monoisotopic (exact) mass is 716 g/mol. The number of hydrogen-bond donors (Lipinski definition) is 5. The summed E-state index contributed by atoms with van der Waals surface area (Å²) in [4.78, 5) is 66.1. The van der Waals surface area contributed by atoms with Crippen LogP contribution in [0.2, 0.25) is 0 Å². The first-order valence-corrected chi connectivity index (χ1v) is 18.1.